The summed E-state index contributed by atoms with van der Waals surface area (Å²) >= 11 is 11.9. The van der Waals surface area contributed by atoms with Gasteiger partial charge in [0.25, 0.3) is 0 Å². The third-order valence-corrected chi connectivity index (χ3v) is 2.96. The summed E-state index contributed by atoms with van der Waals surface area (Å²) in [4.78, 5) is 2.08. The quantitative estimate of drug-likeness (QED) is 0.574. The van der Waals surface area contributed by atoms with Crippen LogP contribution in [0.15, 0.2) is 18.2 Å². The van der Waals surface area contributed by atoms with E-state index in [0.717, 1.165) is 29.4 Å². The summed E-state index contributed by atoms with van der Waals surface area (Å²) in [5, 5.41) is 0.733. The highest BCUT2D eigenvalue weighted by Crippen LogP contribution is 2.26. The first-order valence-corrected chi connectivity index (χ1v) is 6.23. The van der Waals surface area contributed by atoms with Gasteiger partial charge in [-0.3, -0.25) is 0 Å². The smallest absolute Gasteiger partial charge is 0.0642 e. The summed E-state index contributed by atoms with van der Waals surface area (Å²) in [7, 11) is 2.00. The van der Waals surface area contributed by atoms with E-state index in [4.69, 9.17) is 27.9 Å². The molecule has 0 heterocycles. The van der Waals surface area contributed by atoms with Crippen molar-refractivity contribution in [1.82, 2.24) is 0 Å². The average molecular weight is 262 g/mol. The Morgan fingerprint density at radius 2 is 2.12 bits per heavy atom. The maximum absolute atomic E-state index is 6.17. The van der Waals surface area contributed by atoms with Crippen molar-refractivity contribution in [2.24, 2.45) is 0 Å². The second-order valence-corrected chi connectivity index (χ2v) is 4.21. The lowest BCUT2D eigenvalue weighted by atomic mass is 10.2. The Hall–Kier alpha value is -0.440. The third-order valence-electron chi connectivity index (χ3n) is 2.35. The minimum atomic E-state index is 0.489. The van der Waals surface area contributed by atoms with Crippen LogP contribution in [0.5, 0.6) is 0 Å². The summed E-state index contributed by atoms with van der Waals surface area (Å²) in [5.41, 5.74) is 2.05. The maximum atomic E-state index is 6.17. The summed E-state index contributed by atoms with van der Waals surface area (Å²) < 4.78 is 5.30. The van der Waals surface area contributed by atoms with Crippen molar-refractivity contribution in [3.05, 3.63) is 28.8 Å². The van der Waals surface area contributed by atoms with E-state index in [-0.39, 0.29) is 0 Å². The van der Waals surface area contributed by atoms with Gasteiger partial charge < -0.3 is 9.64 Å². The number of hydrogen-bond donors (Lipinski definition) is 0. The Bertz CT molecular complexity index is 331. The van der Waals surface area contributed by atoms with E-state index in [2.05, 4.69) is 4.90 Å². The molecule has 0 N–H and O–H groups in total. The van der Waals surface area contributed by atoms with Crippen LogP contribution in [0, 0.1) is 0 Å². The molecule has 0 aliphatic carbocycles. The number of benzene rings is 1. The zero-order chi connectivity index (χ0) is 12.0. The van der Waals surface area contributed by atoms with Crippen molar-refractivity contribution < 1.29 is 4.74 Å². The van der Waals surface area contributed by atoms with Crippen LogP contribution in [0.1, 0.15) is 12.5 Å². The number of rotatable bonds is 6. The van der Waals surface area contributed by atoms with Gasteiger partial charge in [0, 0.05) is 26.1 Å². The third kappa shape index (κ3) is 3.85. The summed E-state index contributed by atoms with van der Waals surface area (Å²) in [6, 6.07) is 5.89. The normalized spacial score (nSPS) is 10.5. The Morgan fingerprint density at radius 1 is 1.38 bits per heavy atom. The molecule has 0 amide bonds. The molecule has 0 aromatic heterocycles. The lowest BCUT2D eigenvalue weighted by Gasteiger charge is -2.20. The molecule has 1 rings (SSSR count). The van der Waals surface area contributed by atoms with Gasteiger partial charge in [-0.05, 0) is 24.6 Å². The zero-order valence-electron chi connectivity index (χ0n) is 9.67. The molecule has 0 saturated heterocycles. The predicted octanol–water partition coefficient (Wildman–Crippen LogP) is 3.55. The van der Waals surface area contributed by atoms with Gasteiger partial charge in [-0.2, -0.15) is 0 Å². The van der Waals surface area contributed by atoms with Crippen LogP contribution in [-0.2, 0) is 10.6 Å². The van der Waals surface area contributed by atoms with Crippen molar-refractivity contribution in [2.75, 3.05) is 31.7 Å². The number of halogens is 2. The van der Waals surface area contributed by atoms with Crippen LogP contribution in [0.4, 0.5) is 5.69 Å². The van der Waals surface area contributed by atoms with Gasteiger partial charge in [0.15, 0.2) is 0 Å². The molecule has 0 spiro atoms. The van der Waals surface area contributed by atoms with Crippen molar-refractivity contribution in [2.45, 2.75) is 12.8 Å². The summed E-state index contributed by atoms with van der Waals surface area (Å²) in [5.74, 6) is 0.489. The molecule has 16 heavy (non-hydrogen) atoms. The predicted molar refractivity (Wildman–Crippen MR) is 70.8 cm³/mol. The topological polar surface area (TPSA) is 12.5 Å². The van der Waals surface area contributed by atoms with Crippen LogP contribution < -0.4 is 4.90 Å². The van der Waals surface area contributed by atoms with Gasteiger partial charge in [-0.15, -0.1) is 11.6 Å². The largest absolute Gasteiger partial charge is 0.380 e. The molecule has 0 aliphatic heterocycles. The number of nitrogens with zero attached hydrogens (tertiary/aromatic N) is 1. The minimum Gasteiger partial charge on any atom is -0.380 e. The van der Waals surface area contributed by atoms with Gasteiger partial charge >= 0.3 is 0 Å². The first-order valence-electron chi connectivity index (χ1n) is 5.32. The molecule has 90 valence electrons. The molecule has 0 saturated carbocycles. The molecule has 0 atom stereocenters. The highest BCUT2D eigenvalue weighted by molar-refractivity contribution is 6.33. The number of ether oxygens (including phenoxy) is 1. The molecule has 0 bridgehead atoms. The molecular weight excluding hydrogens is 245 g/mol. The van der Waals surface area contributed by atoms with Gasteiger partial charge in [-0.1, -0.05) is 17.7 Å². The van der Waals surface area contributed by atoms with Crippen LogP contribution in [0.2, 0.25) is 5.02 Å². The fourth-order valence-electron chi connectivity index (χ4n) is 1.41. The lowest BCUT2D eigenvalue weighted by Crippen LogP contribution is -2.22. The Morgan fingerprint density at radius 3 is 2.69 bits per heavy atom. The van der Waals surface area contributed by atoms with Gasteiger partial charge in [0.1, 0.15) is 0 Å². The second kappa shape index (κ2) is 7.00. The van der Waals surface area contributed by atoms with E-state index in [0.29, 0.717) is 12.5 Å². The highest BCUT2D eigenvalue weighted by Gasteiger charge is 2.06. The van der Waals surface area contributed by atoms with E-state index >= 15 is 0 Å². The number of likely N-dealkylation sites (N-methyl/N-ethyl adjacent to an activating group) is 1. The number of hydrogen-bond acceptors (Lipinski definition) is 2. The van der Waals surface area contributed by atoms with Crippen LogP contribution in [-0.4, -0.2) is 26.8 Å². The van der Waals surface area contributed by atoms with E-state index in [1.54, 1.807) is 0 Å². The van der Waals surface area contributed by atoms with E-state index in [9.17, 15) is 0 Å². The zero-order valence-corrected chi connectivity index (χ0v) is 11.2. The number of anilines is 1. The Labute approximate surface area is 107 Å². The van der Waals surface area contributed by atoms with E-state index in [1.807, 2.05) is 32.2 Å². The van der Waals surface area contributed by atoms with Crippen molar-refractivity contribution in [3.63, 3.8) is 0 Å². The first kappa shape index (κ1) is 13.6. The van der Waals surface area contributed by atoms with E-state index < -0.39 is 0 Å². The van der Waals surface area contributed by atoms with Gasteiger partial charge in [-0.25, -0.2) is 0 Å². The molecular formula is C12H17Cl2NO. The number of alkyl halides is 1. The average Bonchev–Trinajstić information content (AvgIpc) is 2.29. The Balaban J connectivity index is 2.64. The standard InChI is InChI=1S/C12H17Cl2NO/c1-3-16-7-6-15(2)12-5-4-10(9-13)8-11(12)14/h4-5,8H,3,6-7,9H2,1-2H3. The van der Waals surface area contributed by atoms with Crippen molar-refractivity contribution in [1.29, 1.82) is 0 Å². The van der Waals surface area contributed by atoms with Crippen LogP contribution in [0.3, 0.4) is 0 Å². The van der Waals surface area contributed by atoms with Crippen LogP contribution >= 0.6 is 23.2 Å². The molecule has 0 radical (unpaired) electrons. The SMILES string of the molecule is CCOCCN(C)c1ccc(CCl)cc1Cl. The lowest BCUT2D eigenvalue weighted by molar-refractivity contribution is 0.154. The molecule has 1 aromatic rings. The molecule has 2 nitrogen and oxygen atoms in total. The fraction of sp³-hybridized carbons (Fsp3) is 0.500. The van der Waals surface area contributed by atoms with E-state index in [1.165, 1.54) is 0 Å². The second-order valence-electron chi connectivity index (χ2n) is 3.54. The monoisotopic (exact) mass is 261 g/mol. The molecule has 4 heteroatoms. The fourth-order valence-corrected chi connectivity index (χ4v) is 1.92. The Kier molecular flexibility index (Phi) is 5.96. The van der Waals surface area contributed by atoms with Crippen LogP contribution in [0.25, 0.3) is 0 Å². The molecule has 1 aromatic carbocycles. The molecule has 0 aliphatic rings. The van der Waals surface area contributed by atoms with Crippen molar-refractivity contribution in [3.8, 4) is 0 Å². The minimum absolute atomic E-state index is 0.489. The molecule has 0 fully saturated rings. The summed E-state index contributed by atoms with van der Waals surface area (Å²) in [6.07, 6.45) is 0. The first-order chi connectivity index (χ1) is 7.69. The van der Waals surface area contributed by atoms with Gasteiger partial charge in [0.05, 0.1) is 17.3 Å². The molecule has 0 unspecified atom stereocenters. The highest BCUT2D eigenvalue weighted by atomic mass is 35.5. The summed E-state index contributed by atoms with van der Waals surface area (Å²) in [6.45, 7) is 4.27. The maximum Gasteiger partial charge on any atom is 0.0642 e. The van der Waals surface area contributed by atoms with Gasteiger partial charge in [0.2, 0.25) is 0 Å². The van der Waals surface area contributed by atoms with Crippen molar-refractivity contribution >= 4 is 28.9 Å².